The van der Waals surface area contributed by atoms with Crippen molar-refractivity contribution < 1.29 is 19.0 Å². The van der Waals surface area contributed by atoms with Crippen molar-refractivity contribution in [2.45, 2.75) is 32.5 Å². The van der Waals surface area contributed by atoms with Crippen molar-refractivity contribution in [2.75, 3.05) is 26.4 Å². The van der Waals surface area contributed by atoms with Gasteiger partial charge in [-0.3, -0.25) is 4.79 Å². The maximum absolute atomic E-state index is 11.1. The van der Waals surface area contributed by atoms with Gasteiger partial charge in [0, 0.05) is 19.6 Å². The van der Waals surface area contributed by atoms with Gasteiger partial charge in [0.25, 0.3) is 0 Å². The second kappa shape index (κ2) is 6.11. The first-order valence-corrected chi connectivity index (χ1v) is 5.13. The molecule has 0 saturated heterocycles. The summed E-state index contributed by atoms with van der Waals surface area (Å²) in [5.41, 5.74) is 0. The highest BCUT2D eigenvalue weighted by Crippen LogP contribution is 2.22. The summed E-state index contributed by atoms with van der Waals surface area (Å²) in [4.78, 5) is 11.1. The van der Waals surface area contributed by atoms with E-state index in [2.05, 4.69) is 0 Å². The van der Waals surface area contributed by atoms with Crippen molar-refractivity contribution in [1.29, 1.82) is 0 Å². The first-order valence-electron chi connectivity index (χ1n) is 5.13. The Kier molecular flexibility index (Phi) is 5.07. The molecule has 0 N–H and O–H groups in total. The van der Waals surface area contributed by atoms with Gasteiger partial charge >= 0.3 is 0 Å². The fourth-order valence-corrected chi connectivity index (χ4v) is 1.40. The Morgan fingerprint density at radius 3 is 2.57 bits per heavy atom. The number of carbonyl (C=O) groups is 1. The topological polar surface area (TPSA) is 44.8 Å². The predicted octanol–water partition coefficient (Wildman–Crippen LogP) is 0.786. The lowest BCUT2D eigenvalue weighted by Crippen LogP contribution is -2.50. The smallest absolute Gasteiger partial charge is 0.166 e. The average Bonchev–Trinajstić information content (AvgIpc) is 2.19. The van der Waals surface area contributed by atoms with Gasteiger partial charge in [-0.1, -0.05) is 0 Å². The number of Topliss-reactive ketones (excluding diaryl/α,β-unsaturated/α-hetero) is 1. The Hall–Kier alpha value is -0.450. The third kappa shape index (κ3) is 3.04. The van der Waals surface area contributed by atoms with Crippen molar-refractivity contribution in [3.63, 3.8) is 0 Å². The SMILES string of the molecule is CCOCCOC1CC(=O)C1OCC. The highest BCUT2D eigenvalue weighted by molar-refractivity contribution is 5.90. The van der Waals surface area contributed by atoms with Crippen LogP contribution in [0.4, 0.5) is 0 Å². The monoisotopic (exact) mass is 202 g/mol. The van der Waals surface area contributed by atoms with Gasteiger partial charge in [-0.2, -0.15) is 0 Å². The third-order valence-electron chi connectivity index (χ3n) is 2.17. The molecule has 0 bridgehead atoms. The third-order valence-corrected chi connectivity index (χ3v) is 2.17. The van der Waals surface area contributed by atoms with Crippen LogP contribution in [0.2, 0.25) is 0 Å². The minimum atomic E-state index is -0.332. The molecule has 82 valence electrons. The zero-order valence-corrected chi connectivity index (χ0v) is 8.82. The molecule has 0 spiro atoms. The molecule has 0 aromatic carbocycles. The van der Waals surface area contributed by atoms with Gasteiger partial charge in [0.15, 0.2) is 5.78 Å². The van der Waals surface area contributed by atoms with E-state index in [-0.39, 0.29) is 18.0 Å². The maximum Gasteiger partial charge on any atom is 0.166 e. The number of carbonyl (C=O) groups excluding carboxylic acids is 1. The van der Waals surface area contributed by atoms with E-state index in [4.69, 9.17) is 14.2 Å². The van der Waals surface area contributed by atoms with E-state index in [0.29, 0.717) is 32.8 Å². The molecule has 0 aromatic heterocycles. The average molecular weight is 202 g/mol. The summed E-state index contributed by atoms with van der Waals surface area (Å²) in [7, 11) is 0. The number of ketones is 1. The van der Waals surface area contributed by atoms with Crippen LogP contribution in [0.25, 0.3) is 0 Å². The predicted molar refractivity (Wildman–Crippen MR) is 51.3 cm³/mol. The molecule has 0 aliphatic heterocycles. The summed E-state index contributed by atoms with van der Waals surface area (Å²) in [5, 5.41) is 0. The van der Waals surface area contributed by atoms with Gasteiger partial charge in [-0.05, 0) is 13.8 Å². The molecule has 2 unspecified atom stereocenters. The largest absolute Gasteiger partial charge is 0.379 e. The molecule has 2 atom stereocenters. The number of hydrogen-bond acceptors (Lipinski definition) is 4. The first-order chi connectivity index (χ1) is 6.79. The van der Waals surface area contributed by atoms with Crippen LogP contribution in [0.3, 0.4) is 0 Å². The molecule has 1 rings (SSSR count). The molecule has 1 fully saturated rings. The molecule has 14 heavy (non-hydrogen) atoms. The molecule has 1 saturated carbocycles. The lowest BCUT2D eigenvalue weighted by molar-refractivity contribution is -0.166. The minimum absolute atomic E-state index is 0.0529. The van der Waals surface area contributed by atoms with E-state index in [1.54, 1.807) is 0 Å². The first kappa shape index (κ1) is 11.6. The normalized spacial score (nSPS) is 26.3. The van der Waals surface area contributed by atoms with E-state index < -0.39 is 0 Å². The van der Waals surface area contributed by atoms with E-state index >= 15 is 0 Å². The fraction of sp³-hybridized carbons (Fsp3) is 0.900. The zero-order chi connectivity index (χ0) is 10.4. The Labute approximate surface area is 84.5 Å². The van der Waals surface area contributed by atoms with E-state index in [1.807, 2.05) is 13.8 Å². The summed E-state index contributed by atoms with van der Waals surface area (Å²) in [5.74, 6) is 0.147. The maximum atomic E-state index is 11.1. The molecule has 0 amide bonds. The Balaban J connectivity index is 2.09. The summed E-state index contributed by atoms with van der Waals surface area (Å²) in [6, 6.07) is 0. The molecule has 0 heterocycles. The number of hydrogen-bond donors (Lipinski definition) is 0. The zero-order valence-electron chi connectivity index (χ0n) is 8.82. The lowest BCUT2D eigenvalue weighted by atomic mass is 9.90. The van der Waals surface area contributed by atoms with Crippen LogP contribution in [0.15, 0.2) is 0 Å². The summed E-state index contributed by atoms with van der Waals surface area (Å²) in [6.45, 7) is 6.19. The fourth-order valence-electron chi connectivity index (χ4n) is 1.40. The van der Waals surface area contributed by atoms with Gasteiger partial charge in [0.05, 0.1) is 19.3 Å². The second-order valence-corrected chi connectivity index (χ2v) is 3.15. The van der Waals surface area contributed by atoms with Gasteiger partial charge < -0.3 is 14.2 Å². The Morgan fingerprint density at radius 2 is 2.00 bits per heavy atom. The minimum Gasteiger partial charge on any atom is -0.379 e. The second-order valence-electron chi connectivity index (χ2n) is 3.15. The van der Waals surface area contributed by atoms with Crippen LogP contribution in [0.1, 0.15) is 20.3 Å². The van der Waals surface area contributed by atoms with E-state index in [9.17, 15) is 4.79 Å². The van der Waals surface area contributed by atoms with Crippen LogP contribution in [0, 0.1) is 0 Å². The summed E-state index contributed by atoms with van der Waals surface area (Å²) >= 11 is 0. The molecule has 1 aliphatic rings. The van der Waals surface area contributed by atoms with Crippen molar-refractivity contribution in [3.8, 4) is 0 Å². The van der Waals surface area contributed by atoms with Gasteiger partial charge in [-0.25, -0.2) is 0 Å². The molecule has 4 nitrogen and oxygen atoms in total. The van der Waals surface area contributed by atoms with Gasteiger partial charge in [0.2, 0.25) is 0 Å². The standard InChI is InChI=1S/C10H18O4/c1-3-12-5-6-14-9-7-8(11)10(9)13-4-2/h9-10H,3-7H2,1-2H3. The Morgan fingerprint density at radius 1 is 1.21 bits per heavy atom. The molecule has 4 heteroatoms. The van der Waals surface area contributed by atoms with Crippen LogP contribution >= 0.6 is 0 Å². The quantitative estimate of drug-likeness (QED) is 0.572. The van der Waals surface area contributed by atoms with Crippen LogP contribution in [-0.2, 0) is 19.0 Å². The highest BCUT2D eigenvalue weighted by atomic mass is 16.6. The van der Waals surface area contributed by atoms with E-state index in [0.717, 1.165) is 0 Å². The lowest BCUT2D eigenvalue weighted by Gasteiger charge is -2.34. The summed E-state index contributed by atoms with van der Waals surface area (Å²) in [6.07, 6.45) is 0.0982. The Bertz CT molecular complexity index is 181. The van der Waals surface area contributed by atoms with Crippen LogP contribution in [-0.4, -0.2) is 44.4 Å². The molecule has 1 aliphatic carbocycles. The highest BCUT2D eigenvalue weighted by Gasteiger charge is 2.41. The van der Waals surface area contributed by atoms with Crippen molar-refractivity contribution in [2.24, 2.45) is 0 Å². The van der Waals surface area contributed by atoms with Crippen molar-refractivity contribution in [1.82, 2.24) is 0 Å². The van der Waals surface area contributed by atoms with Crippen molar-refractivity contribution in [3.05, 3.63) is 0 Å². The summed E-state index contributed by atoms with van der Waals surface area (Å²) < 4.78 is 15.8. The molecule has 0 radical (unpaired) electrons. The van der Waals surface area contributed by atoms with Crippen LogP contribution < -0.4 is 0 Å². The molecular formula is C10H18O4. The number of ether oxygens (including phenoxy) is 3. The van der Waals surface area contributed by atoms with Crippen LogP contribution in [0.5, 0.6) is 0 Å². The van der Waals surface area contributed by atoms with Gasteiger partial charge in [-0.15, -0.1) is 0 Å². The van der Waals surface area contributed by atoms with Crippen molar-refractivity contribution >= 4 is 5.78 Å². The molecule has 0 aromatic rings. The van der Waals surface area contributed by atoms with Gasteiger partial charge in [0.1, 0.15) is 6.10 Å². The molecular weight excluding hydrogens is 184 g/mol. The number of rotatable bonds is 7. The van der Waals surface area contributed by atoms with E-state index in [1.165, 1.54) is 0 Å².